The van der Waals surface area contributed by atoms with E-state index in [9.17, 15) is 0 Å². The van der Waals surface area contributed by atoms with Crippen LogP contribution >= 0.6 is 11.3 Å². The fourth-order valence-corrected chi connectivity index (χ4v) is 2.73. The van der Waals surface area contributed by atoms with E-state index in [4.69, 9.17) is 5.84 Å². The lowest BCUT2D eigenvalue weighted by atomic mass is 10.1. The highest BCUT2D eigenvalue weighted by Gasteiger charge is 2.08. The predicted molar refractivity (Wildman–Crippen MR) is 63.8 cm³/mol. The summed E-state index contributed by atoms with van der Waals surface area (Å²) >= 11 is 1.71. The molecule has 2 aromatic heterocycles. The van der Waals surface area contributed by atoms with Crippen LogP contribution in [0.2, 0.25) is 0 Å². The Balaban J connectivity index is 2.45. The Kier molecular flexibility index (Phi) is 2.83. The van der Waals surface area contributed by atoms with E-state index in [0.717, 1.165) is 16.6 Å². The second-order valence-corrected chi connectivity index (χ2v) is 5.01. The molecule has 0 saturated heterocycles. The van der Waals surface area contributed by atoms with Gasteiger partial charge in [0.15, 0.2) is 5.82 Å². The van der Waals surface area contributed by atoms with Gasteiger partial charge in [-0.25, -0.2) is 15.8 Å². The van der Waals surface area contributed by atoms with E-state index in [1.165, 1.54) is 11.2 Å². The van der Waals surface area contributed by atoms with Crippen LogP contribution in [0.1, 0.15) is 18.7 Å². The zero-order valence-corrected chi connectivity index (χ0v) is 9.64. The minimum absolute atomic E-state index is 0.653. The molecule has 0 aromatic carbocycles. The largest absolute Gasteiger partial charge is 0.308 e. The molecule has 0 unspecified atom stereocenters. The Hall–Kier alpha value is -1.20. The molecule has 0 saturated carbocycles. The summed E-state index contributed by atoms with van der Waals surface area (Å²) in [4.78, 5) is 10.6. The minimum atomic E-state index is 0.653. The van der Waals surface area contributed by atoms with Crippen molar-refractivity contribution in [3.05, 3.63) is 17.3 Å². The monoisotopic (exact) mass is 222 g/mol. The van der Waals surface area contributed by atoms with Gasteiger partial charge in [-0.3, -0.25) is 0 Å². The Bertz CT molecular complexity index is 463. The molecule has 0 atom stereocenters. The molecule has 15 heavy (non-hydrogen) atoms. The van der Waals surface area contributed by atoms with Gasteiger partial charge >= 0.3 is 0 Å². The summed E-state index contributed by atoms with van der Waals surface area (Å²) < 4.78 is 0. The van der Waals surface area contributed by atoms with Crippen LogP contribution in [0.15, 0.2) is 12.4 Å². The van der Waals surface area contributed by atoms with Gasteiger partial charge in [-0.2, -0.15) is 0 Å². The zero-order chi connectivity index (χ0) is 10.8. The van der Waals surface area contributed by atoms with Crippen LogP contribution in [0.5, 0.6) is 0 Å². The van der Waals surface area contributed by atoms with Crippen LogP contribution in [-0.2, 0) is 6.42 Å². The van der Waals surface area contributed by atoms with Gasteiger partial charge in [-0.15, -0.1) is 11.3 Å². The number of rotatable bonds is 3. The lowest BCUT2D eigenvalue weighted by Gasteiger charge is -1.99. The number of thiophene rings is 1. The summed E-state index contributed by atoms with van der Waals surface area (Å²) in [6.07, 6.45) is 2.61. The molecule has 0 aliphatic heterocycles. The zero-order valence-electron chi connectivity index (χ0n) is 8.82. The van der Waals surface area contributed by atoms with E-state index in [1.807, 2.05) is 0 Å². The summed E-state index contributed by atoms with van der Waals surface area (Å²) in [6.45, 7) is 4.41. The van der Waals surface area contributed by atoms with Crippen molar-refractivity contribution in [2.24, 2.45) is 11.8 Å². The second kappa shape index (κ2) is 4.12. The summed E-state index contributed by atoms with van der Waals surface area (Å²) in [7, 11) is 0. The van der Waals surface area contributed by atoms with E-state index < -0.39 is 0 Å². The molecule has 0 radical (unpaired) electrons. The Morgan fingerprint density at radius 1 is 1.47 bits per heavy atom. The van der Waals surface area contributed by atoms with Crippen LogP contribution in [0.25, 0.3) is 10.2 Å². The van der Waals surface area contributed by atoms with E-state index >= 15 is 0 Å². The van der Waals surface area contributed by atoms with Gasteiger partial charge in [-0.1, -0.05) is 13.8 Å². The summed E-state index contributed by atoms with van der Waals surface area (Å²) in [5.41, 5.74) is 2.59. The first-order valence-electron chi connectivity index (χ1n) is 4.90. The molecule has 2 rings (SSSR count). The van der Waals surface area contributed by atoms with Crippen molar-refractivity contribution in [1.82, 2.24) is 9.97 Å². The molecule has 0 bridgehead atoms. The molecule has 2 heterocycles. The van der Waals surface area contributed by atoms with Gasteiger partial charge in [0.25, 0.3) is 0 Å². The van der Waals surface area contributed by atoms with Crippen LogP contribution in [0, 0.1) is 5.92 Å². The molecule has 0 aliphatic rings. The lowest BCUT2D eigenvalue weighted by Crippen LogP contribution is -2.08. The molecule has 4 nitrogen and oxygen atoms in total. The maximum absolute atomic E-state index is 5.39. The number of nitrogens with two attached hydrogens (primary N) is 1. The van der Waals surface area contributed by atoms with Crippen molar-refractivity contribution < 1.29 is 0 Å². The topological polar surface area (TPSA) is 63.8 Å². The smallest absolute Gasteiger partial charge is 0.152 e. The maximum atomic E-state index is 5.39. The van der Waals surface area contributed by atoms with E-state index in [2.05, 4.69) is 35.3 Å². The number of fused-ring (bicyclic) bond motifs is 1. The predicted octanol–water partition coefficient (Wildman–Crippen LogP) is 2.18. The molecule has 80 valence electrons. The lowest BCUT2D eigenvalue weighted by molar-refractivity contribution is 0.654. The van der Waals surface area contributed by atoms with E-state index in [1.54, 1.807) is 11.3 Å². The van der Waals surface area contributed by atoms with Crippen LogP contribution < -0.4 is 11.3 Å². The molecule has 5 heteroatoms. The number of nitrogens with zero attached hydrogens (tertiary/aromatic N) is 2. The summed E-state index contributed by atoms with van der Waals surface area (Å²) in [5.74, 6) is 6.74. The van der Waals surface area contributed by atoms with Gasteiger partial charge < -0.3 is 5.43 Å². The van der Waals surface area contributed by atoms with Crippen molar-refractivity contribution >= 4 is 27.4 Å². The Morgan fingerprint density at radius 2 is 2.27 bits per heavy atom. The Labute approximate surface area is 92.5 Å². The van der Waals surface area contributed by atoms with Gasteiger partial charge in [0.05, 0.1) is 5.39 Å². The van der Waals surface area contributed by atoms with E-state index in [0.29, 0.717) is 11.7 Å². The molecule has 2 aromatic rings. The fraction of sp³-hybridized carbons (Fsp3) is 0.400. The number of hydrazine groups is 1. The molecule has 0 spiro atoms. The van der Waals surface area contributed by atoms with E-state index in [-0.39, 0.29) is 0 Å². The van der Waals surface area contributed by atoms with Crippen LogP contribution in [0.4, 0.5) is 5.82 Å². The van der Waals surface area contributed by atoms with Crippen molar-refractivity contribution in [2.75, 3.05) is 5.43 Å². The van der Waals surface area contributed by atoms with Crippen LogP contribution in [-0.4, -0.2) is 9.97 Å². The SMILES string of the molecule is CC(C)Cc1cc2c(NN)ncnc2s1. The molecule has 0 fully saturated rings. The number of nitrogens with one attached hydrogen (secondary N) is 1. The van der Waals surface area contributed by atoms with Crippen molar-refractivity contribution in [2.45, 2.75) is 20.3 Å². The van der Waals surface area contributed by atoms with Crippen LogP contribution in [0.3, 0.4) is 0 Å². The highest BCUT2D eigenvalue weighted by molar-refractivity contribution is 7.18. The quantitative estimate of drug-likeness (QED) is 0.617. The first-order chi connectivity index (χ1) is 7.20. The number of hydrogen-bond donors (Lipinski definition) is 2. The number of nitrogen functional groups attached to an aromatic ring is 1. The normalized spacial score (nSPS) is 11.2. The summed E-state index contributed by atoms with van der Waals surface area (Å²) in [6, 6.07) is 2.12. The third kappa shape index (κ3) is 2.08. The number of aromatic nitrogens is 2. The van der Waals surface area contributed by atoms with Gasteiger partial charge in [-0.05, 0) is 18.4 Å². The van der Waals surface area contributed by atoms with Crippen molar-refractivity contribution in [1.29, 1.82) is 0 Å². The fourth-order valence-electron chi connectivity index (χ4n) is 1.52. The first-order valence-corrected chi connectivity index (χ1v) is 5.72. The molecular weight excluding hydrogens is 208 g/mol. The van der Waals surface area contributed by atoms with Gasteiger partial charge in [0.1, 0.15) is 11.2 Å². The average molecular weight is 222 g/mol. The molecule has 3 N–H and O–H groups in total. The second-order valence-electron chi connectivity index (χ2n) is 3.90. The average Bonchev–Trinajstić information content (AvgIpc) is 2.58. The number of anilines is 1. The third-order valence-electron chi connectivity index (χ3n) is 2.13. The molecular formula is C10H14N4S. The Morgan fingerprint density at radius 3 is 2.93 bits per heavy atom. The highest BCUT2D eigenvalue weighted by Crippen LogP contribution is 2.28. The molecule has 0 amide bonds. The van der Waals surface area contributed by atoms with Crippen molar-refractivity contribution in [3.8, 4) is 0 Å². The number of hydrogen-bond acceptors (Lipinski definition) is 5. The van der Waals surface area contributed by atoms with Crippen molar-refractivity contribution in [3.63, 3.8) is 0 Å². The third-order valence-corrected chi connectivity index (χ3v) is 3.19. The minimum Gasteiger partial charge on any atom is -0.308 e. The maximum Gasteiger partial charge on any atom is 0.152 e. The highest BCUT2D eigenvalue weighted by atomic mass is 32.1. The molecule has 0 aliphatic carbocycles. The standard InChI is InChI=1S/C10H14N4S/c1-6(2)3-7-4-8-9(14-11)12-5-13-10(8)15-7/h4-6H,3,11H2,1-2H3,(H,12,13,14). The summed E-state index contributed by atoms with van der Waals surface area (Å²) in [5, 5.41) is 1.01. The van der Waals surface area contributed by atoms with Gasteiger partial charge in [0, 0.05) is 4.88 Å². The first kappa shape index (κ1) is 10.3. The van der Waals surface area contributed by atoms with Gasteiger partial charge in [0.2, 0.25) is 0 Å².